The first-order valence-corrected chi connectivity index (χ1v) is 14.6. The molecule has 0 radical (unpaired) electrons. The highest BCUT2D eigenvalue weighted by Crippen LogP contribution is 2.68. The van der Waals surface area contributed by atoms with Crippen molar-refractivity contribution in [3.8, 4) is 0 Å². The third-order valence-electron chi connectivity index (χ3n) is 11.0. The van der Waals surface area contributed by atoms with Crippen molar-refractivity contribution in [3.05, 3.63) is 11.6 Å². The number of ketones is 1. The summed E-state index contributed by atoms with van der Waals surface area (Å²) in [5, 5.41) is 22.8. The number of hydrogen-bond donors (Lipinski definition) is 2. The second-order valence-electron chi connectivity index (χ2n) is 13.9. The molecule has 0 unspecified atom stereocenters. The van der Waals surface area contributed by atoms with Crippen LogP contribution >= 0.6 is 0 Å². The van der Waals surface area contributed by atoms with Crippen molar-refractivity contribution in [2.75, 3.05) is 0 Å². The van der Waals surface area contributed by atoms with Gasteiger partial charge in [-0.1, -0.05) is 20.8 Å². The van der Waals surface area contributed by atoms with E-state index in [1.165, 1.54) is 13.8 Å². The van der Waals surface area contributed by atoms with Crippen LogP contribution < -0.4 is 0 Å². The molecule has 0 aromatic rings. The minimum Gasteiger partial charge on any atom is -0.463 e. The van der Waals surface area contributed by atoms with E-state index in [-0.39, 0.29) is 59.0 Å². The molecule has 3 fully saturated rings. The molecule has 0 amide bonds. The van der Waals surface area contributed by atoms with Crippen molar-refractivity contribution in [3.63, 3.8) is 0 Å². The van der Waals surface area contributed by atoms with Gasteiger partial charge in [-0.3, -0.25) is 14.4 Å². The molecule has 7 heteroatoms. The fraction of sp³-hybridized carbons (Fsp3) is 0.839. The Morgan fingerprint density at radius 3 is 2.37 bits per heavy atom. The van der Waals surface area contributed by atoms with Crippen molar-refractivity contribution < 1.29 is 34.1 Å². The lowest BCUT2D eigenvalue weighted by Crippen LogP contribution is -2.59. The monoisotopic (exact) mass is 532 g/mol. The molecule has 214 valence electrons. The number of hydrogen-bond acceptors (Lipinski definition) is 7. The predicted molar refractivity (Wildman–Crippen MR) is 143 cm³/mol. The van der Waals surface area contributed by atoms with E-state index in [2.05, 4.69) is 20.8 Å². The van der Waals surface area contributed by atoms with Gasteiger partial charge in [0, 0.05) is 25.2 Å². The number of carbonyl (C=O) groups excluding carboxylic acids is 3. The van der Waals surface area contributed by atoms with E-state index in [9.17, 15) is 24.6 Å². The minimum atomic E-state index is -1.08. The molecule has 3 saturated carbocycles. The zero-order valence-electron chi connectivity index (χ0n) is 24.3. The molecule has 38 heavy (non-hydrogen) atoms. The van der Waals surface area contributed by atoms with Crippen LogP contribution in [0.2, 0.25) is 0 Å². The Bertz CT molecular complexity index is 995. The Hall–Kier alpha value is -1.73. The first kappa shape index (κ1) is 29.3. The maximum atomic E-state index is 13.6. The average molecular weight is 533 g/mol. The largest absolute Gasteiger partial charge is 0.463 e. The fourth-order valence-corrected chi connectivity index (χ4v) is 8.92. The van der Waals surface area contributed by atoms with E-state index < -0.39 is 16.6 Å². The molecule has 0 spiro atoms. The Morgan fingerprint density at radius 1 is 1.08 bits per heavy atom. The number of aliphatic hydroxyl groups is 2. The summed E-state index contributed by atoms with van der Waals surface area (Å²) in [7, 11) is 0. The lowest BCUT2D eigenvalue weighted by atomic mass is 9.46. The van der Waals surface area contributed by atoms with Gasteiger partial charge in [0.2, 0.25) is 0 Å². The molecular formula is C31H48O7. The van der Waals surface area contributed by atoms with Crippen molar-refractivity contribution >= 4 is 17.7 Å². The van der Waals surface area contributed by atoms with Gasteiger partial charge in [0.15, 0.2) is 5.78 Å². The summed E-state index contributed by atoms with van der Waals surface area (Å²) in [6, 6.07) is 0. The second kappa shape index (κ2) is 10.0. The topological polar surface area (TPSA) is 110 Å². The Morgan fingerprint density at radius 2 is 1.76 bits per heavy atom. The highest BCUT2D eigenvalue weighted by Gasteiger charge is 2.66. The van der Waals surface area contributed by atoms with E-state index in [0.29, 0.717) is 25.7 Å². The molecule has 4 aliphatic rings. The van der Waals surface area contributed by atoms with Gasteiger partial charge < -0.3 is 19.7 Å². The molecule has 0 aromatic carbocycles. The zero-order valence-corrected chi connectivity index (χ0v) is 24.3. The Balaban J connectivity index is 1.61. The van der Waals surface area contributed by atoms with Gasteiger partial charge in [0.05, 0.1) is 11.2 Å². The van der Waals surface area contributed by atoms with Crippen molar-refractivity contribution in [1.29, 1.82) is 0 Å². The molecule has 0 saturated heterocycles. The van der Waals surface area contributed by atoms with Crippen LogP contribution in [0.15, 0.2) is 11.6 Å². The predicted octanol–water partition coefficient (Wildman–Crippen LogP) is 4.91. The standard InChI is InChI=1S/C31H48O7/c1-18(27(38-20(3)33)11-12-28(4,5)35)22-10-15-31(36)24-17-26(34)25-16-21(37-19(2)32)8-13-29(25,6)23(24)9-14-30(22,31)7/h17-18,21-23,25,27,35-36H,8-16H2,1-7H3/t18-,21-,22-,23+,25+,27-,29-,30-,31+/m1/s1. The summed E-state index contributed by atoms with van der Waals surface area (Å²) >= 11 is 0. The highest BCUT2D eigenvalue weighted by atomic mass is 16.5. The number of esters is 2. The number of rotatable bonds is 7. The second-order valence-corrected chi connectivity index (χ2v) is 13.9. The molecule has 4 rings (SSSR count). The smallest absolute Gasteiger partial charge is 0.302 e. The molecule has 4 aliphatic carbocycles. The Kier molecular flexibility index (Phi) is 7.72. The summed E-state index contributed by atoms with van der Waals surface area (Å²) < 4.78 is 11.3. The molecular weight excluding hydrogens is 484 g/mol. The van der Waals surface area contributed by atoms with Gasteiger partial charge in [-0.25, -0.2) is 0 Å². The van der Waals surface area contributed by atoms with Crippen molar-refractivity contribution in [2.45, 2.75) is 130 Å². The average Bonchev–Trinajstić information content (AvgIpc) is 3.07. The highest BCUT2D eigenvalue weighted by molar-refractivity contribution is 5.95. The number of fused-ring (bicyclic) bond motifs is 5. The maximum Gasteiger partial charge on any atom is 0.302 e. The van der Waals surface area contributed by atoms with E-state index in [1.54, 1.807) is 19.9 Å². The molecule has 2 N–H and O–H groups in total. The number of ether oxygens (including phenoxy) is 2. The van der Waals surface area contributed by atoms with Crippen molar-refractivity contribution in [2.24, 2.45) is 34.5 Å². The molecule has 7 nitrogen and oxygen atoms in total. The van der Waals surface area contributed by atoms with Gasteiger partial charge in [0.1, 0.15) is 12.2 Å². The number of carbonyl (C=O) groups is 3. The van der Waals surface area contributed by atoms with E-state index in [0.717, 1.165) is 37.7 Å². The molecule has 0 aromatic heterocycles. The summed E-state index contributed by atoms with van der Waals surface area (Å²) in [5.41, 5.74) is -1.74. The van der Waals surface area contributed by atoms with Crippen molar-refractivity contribution in [1.82, 2.24) is 0 Å². The zero-order chi connectivity index (χ0) is 28.3. The maximum absolute atomic E-state index is 13.6. The minimum absolute atomic E-state index is 0.000722. The quantitative estimate of drug-likeness (QED) is 0.448. The summed E-state index contributed by atoms with van der Waals surface area (Å²) in [5.74, 6) is -0.554. The van der Waals surface area contributed by atoms with Crippen LogP contribution in [0, 0.1) is 34.5 Å². The summed E-state index contributed by atoms with van der Waals surface area (Å²) in [6.45, 7) is 12.8. The normalized spacial score (nSPS) is 40.2. The fourth-order valence-electron chi connectivity index (χ4n) is 8.92. The third kappa shape index (κ3) is 4.98. The lowest BCUT2D eigenvalue weighted by molar-refractivity contribution is -0.160. The van der Waals surface area contributed by atoms with Crippen LogP contribution in [0.1, 0.15) is 106 Å². The van der Waals surface area contributed by atoms with Crippen LogP contribution in [0.25, 0.3) is 0 Å². The van der Waals surface area contributed by atoms with Crippen LogP contribution in [0.3, 0.4) is 0 Å². The van der Waals surface area contributed by atoms with Gasteiger partial charge in [-0.05, 0) is 106 Å². The van der Waals surface area contributed by atoms with Crippen LogP contribution in [0.4, 0.5) is 0 Å². The van der Waals surface area contributed by atoms with Gasteiger partial charge in [-0.2, -0.15) is 0 Å². The molecule has 0 heterocycles. The molecule has 9 atom stereocenters. The van der Waals surface area contributed by atoms with Crippen LogP contribution in [-0.4, -0.2) is 51.3 Å². The summed E-state index contributed by atoms with van der Waals surface area (Å²) in [4.78, 5) is 37.1. The van der Waals surface area contributed by atoms with Gasteiger partial charge in [-0.15, -0.1) is 0 Å². The lowest BCUT2D eigenvalue weighted by Gasteiger charge is -2.60. The van der Waals surface area contributed by atoms with Crippen LogP contribution in [0.5, 0.6) is 0 Å². The van der Waals surface area contributed by atoms with E-state index >= 15 is 0 Å². The first-order valence-electron chi connectivity index (χ1n) is 14.6. The SMILES string of the molecule is CC(=O)O[C@@H]1CC[C@@]2(C)[C@@H](C1)C(=O)C=C1[C@@H]2CC[C@]2(C)[C@@H]([C@@H](C)[C@@H](CCC(C)(C)O)OC(C)=O)CC[C@]12O. The molecule has 0 aliphatic heterocycles. The summed E-state index contributed by atoms with van der Waals surface area (Å²) in [6.07, 6.45) is 7.45. The van der Waals surface area contributed by atoms with E-state index in [1.807, 2.05) is 0 Å². The number of allylic oxidation sites excluding steroid dienone is 1. The van der Waals surface area contributed by atoms with E-state index in [4.69, 9.17) is 9.47 Å². The first-order chi connectivity index (χ1) is 17.5. The third-order valence-corrected chi connectivity index (χ3v) is 11.0. The molecule has 0 bridgehead atoms. The van der Waals surface area contributed by atoms with Gasteiger partial charge in [0.25, 0.3) is 0 Å². The van der Waals surface area contributed by atoms with Gasteiger partial charge >= 0.3 is 11.9 Å². The Labute approximate surface area is 227 Å². The van der Waals surface area contributed by atoms with Crippen LogP contribution in [-0.2, 0) is 23.9 Å².